The molecule has 1 saturated heterocycles. The van der Waals surface area contributed by atoms with E-state index in [2.05, 4.69) is 0 Å². The van der Waals surface area contributed by atoms with Gasteiger partial charge in [0, 0.05) is 25.0 Å². The molecule has 0 bridgehead atoms. The van der Waals surface area contributed by atoms with Gasteiger partial charge >= 0.3 is 5.97 Å². The summed E-state index contributed by atoms with van der Waals surface area (Å²) < 4.78 is 31.8. The summed E-state index contributed by atoms with van der Waals surface area (Å²) in [5.41, 5.74) is 4.29. The number of benzene rings is 2. The number of pyridine rings is 1. The number of para-hydroxylation sites is 1. The van der Waals surface area contributed by atoms with Gasteiger partial charge in [0.15, 0.2) is 5.82 Å². The number of aromatic nitrogens is 1. The average molecular weight is 399 g/mol. The molecule has 0 aliphatic carbocycles. The Labute approximate surface area is 164 Å². The van der Waals surface area contributed by atoms with Crippen LogP contribution in [-0.4, -0.2) is 35.3 Å². The van der Waals surface area contributed by atoms with E-state index in [0.717, 1.165) is 18.7 Å². The van der Waals surface area contributed by atoms with E-state index < -0.39 is 28.6 Å². The molecule has 4 rings (SSSR count). The molecule has 1 fully saturated rings. The maximum absolute atomic E-state index is 15.7. The van der Waals surface area contributed by atoms with Crippen molar-refractivity contribution in [3.63, 3.8) is 0 Å². The molecule has 0 radical (unpaired) electrons. The summed E-state index contributed by atoms with van der Waals surface area (Å²) in [5.74, 6) is -3.12. The molecule has 8 heteroatoms. The highest BCUT2D eigenvalue weighted by Gasteiger charge is 2.29. The van der Waals surface area contributed by atoms with E-state index >= 15 is 4.39 Å². The van der Waals surface area contributed by atoms with E-state index in [1.165, 1.54) is 4.57 Å². The first-order valence-electron chi connectivity index (χ1n) is 9.23. The Morgan fingerprint density at radius 1 is 1.24 bits per heavy atom. The van der Waals surface area contributed by atoms with E-state index in [9.17, 15) is 19.1 Å². The van der Waals surface area contributed by atoms with Crippen LogP contribution in [0.3, 0.4) is 0 Å². The number of anilines is 1. The van der Waals surface area contributed by atoms with Crippen molar-refractivity contribution in [1.82, 2.24) is 4.57 Å². The van der Waals surface area contributed by atoms with Gasteiger partial charge in [-0.1, -0.05) is 18.2 Å². The maximum atomic E-state index is 15.7. The molecule has 0 amide bonds. The Bertz CT molecular complexity index is 1160. The third-order valence-electron chi connectivity index (χ3n) is 5.36. The Hall–Kier alpha value is -3.26. The lowest BCUT2D eigenvalue weighted by atomic mass is 10.1. The molecular formula is C21H19F2N3O3. The zero-order valence-electron chi connectivity index (χ0n) is 15.4. The zero-order chi connectivity index (χ0) is 20.7. The van der Waals surface area contributed by atoms with E-state index in [1.54, 1.807) is 35.2 Å². The van der Waals surface area contributed by atoms with Gasteiger partial charge in [0.1, 0.15) is 17.1 Å². The van der Waals surface area contributed by atoms with Crippen molar-refractivity contribution in [2.45, 2.75) is 6.42 Å². The summed E-state index contributed by atoms with van der Waals surface area (Å²) in [5, 5.41) is 9.08. The fourth-order valence-electron chi connectivity index (χ4n) is 3.87. The zero-order valence-corrected chi connectivity index (χ0v) is 15.4. The van der Waals surface area contributed by atoms with Gasteiger partial charge in [-0.3, -0.25) is 4.79 Å². The van der Waals surface area contributed by atoms with Crippen LogP contribution < -0.4 is 16.1 Å². The van der Waals surface area contributed by atoms with Crippen LogP contribution in [0.25, 0.3) is 16.6 Å². The SMILES string of the molecule is NCC1CCN(c2c(F)cc3c(=O)c(C(=O)O)cn(-c4ccccc4)c3c2F)C1. The molecule has 0 spiro atoms. The lowest BCUT2D eigenvalue weighted by molar-refractivity contribution is 0.0695. The number of nitrogens with two attached hydrogens (primary N) is 1. The standard InChI is InChI=1S/C21H19F2N3O3/c22-16-8-14-18(17(23)19(16)25-7-6-12(9-24)10-25)26(13-4-2-1-3-5-13)11-15(20(14)27)21(28)29/h1-5,8,11-12H,6-7,9-10,24H2,(H,28,29). The second kappa shape index (κ2) is 7.29. The molecular weight excluding hydrogens is 380 g/mol. The number of nitrogens with zero attached hydrogens (tertiary/aromatic N) is 2. The molecule has 1 aliphatic heterocycles. The number of carboxylic acids is 1. The fraction of sp³-hybridized carbons (Fsp3) is 0.238. The summed E-state index contributed by atoms with van der Waals surface area (Å²) in [6.07, 6.45) is 1.80. The number of aromatic carboxylic acids is 1. The average Bonchev–Trinajstić information content (AvgIpc) is 3.18. The van der Waals surface area contributed by atoms with Gasteiger partial charge in [-0.15, -0.1) is 0 Å². The monoisotopic (exact) mass is 399 g/mol. The smallest absolute Gasteiger partial charge is 0.341 e. The molecule has 3 N–H and O–H groups in total. The first-order valence-corrected chi connectivity index (χ1v) is 9.23. The van der Waals surface area contributed by atoms with Crippen LogP contribution in [0.2, 0.25) is 0 Å². The predicted molar refractivity (Wildman–Crippen MR) is 106 cm³/mol. The van der Waals surface area contributed by atoms with E-state index in [1.807, 2.05) is 0 Å². The summed E-state index contributed by atoms with van der Waals surface area (Å²) in [6.45, 7) is 1.28. The van der Waals surface area contributed by atoms with Crippen molar-refractivity contribution < 1.29 is 18.7 Å². The van der Waals surface area contributed by atoms with Crippen LogP contribution >= 0.6 is 0 Å². The largest absolute Gasteiger partial charge is 0.477 e. The van der Waals surface area contributed by atoms with Crippen molar-refractivity contribution in [2.24, 2.45) is 11.7 Å². The van der Waals surface area contributed by atoms with Crippen molar-refractivity contribution >= 4 is 22.6 Å². The number of hydrogen-bond donors (Lipinski definition) is 2. The molecule has 6 nitrogen and oxygen atoms in total. The number of hydrogen-bond acceptors (Lipinski definition) is 4. The summed E-state index contributed by atoms with van der Waals surface area (Å²) in [7, 11) is 0. The van der Waals surface area contributed by atoms with Crippen LogP contribution in [0, 0.1) is 17.6 Å². The van der Waals surface area contributed by atoms with Crippen LogP contribution in [-0.2, 0) is 0 Å². The molecule has 1 aromatic heterocycles. The highest BCUT2D eigenvalue weighted by atomic mass is 19.1. The van der Waals surface area contributed by atoms with Crippen LogP contribution in [0.15, 0.2) is 47.4 Å². The Morgan fingerprint density at radius 2 is 1.97 bits per heavy atom. The number of carboxylic acid groups (broad SMARTS) is 1. The number of carbonyl (C=O) groups is 1. The third kappa shape index (κ3) is 3.15. The van der Waals surface area contributed by atoms with Crippen LogP contribution in [0.1, 0.15) is 16.8 Å². The van der Waals surface area contributed by atoms with E-state index in [4.69, 9.17) is 5.73 Å². The lowest BCUT2D eigenvalue weighted by Gasteiger charge is -2.22. The minimum atomic E-state index is -1.46. The first kappa shape index (κ1) is 19.1. The minimum absolute atomic E-state index is 0.134. The van der Waals surface area contributed by atoms with Gasteiger partial charge < -0.3 is 20.3 Å². The molecule has 150 valence electrons. The van der Waals surface area contributed by atoms with Gasteiger partial charge in [-0.05, 0) is 37.1 Å². The van der Waals surface area contributed by atoms with Crippen molar-refractivity contribution in [3.8, 4) is 5.69 Å². The van der Waals surface area contributed by atoms with Crippen molar-refractivity contribution in [1.29, 1.82) is 0 Å². The van der Waals surface area contributed by atoms with Gasteiger partial charge in [-0.25, -0.2) is 13.6 Å². The molecule has 1 atom stereocenters. The lowest BCUT2D eigenvalue weighted by Crippen LogP contribution is -2.26. The van der Waals surface area contributed by atoms with Gasteiger partial charge in [-0.2, -0.15) is 0 Å². The Balaban J connectivity index is 2.05. The van der Waals surface area contributed by atoms with Gasteiger partial charge in [0.05, 0.1) is 10.9 Å². The Morgan fingerprint density at radius 3 is 2.59 bits per heavy atom. The van der Waals surface area contributed by atoms with Crippen LogP contribution in [0.4, 0.5) is 14.5 Å². The number of fused-ring (bicyclic) bond motifs is 1. The molecule has 3 aromatic rings. The van der Waals surface area contributed by atoms with E-state index in [-0.39, 0.29) is 22.5 Å². The second-order valence-corrected chi connectivity index (χ2v) is 7.14. The van der Waals surface area contributed by atoms with Crippen molar-refractivity contribution in [3.05, 3.63) is 70.0 Å². The fourth-order valence-corrected chi connectivity index (χ4v) is 3.87. The highest BCUT2D eigenvalue weighted by molar-refractivity contribution is 5.94. The quantitative estimate of drug-likeness (QED) is 0.704. The maximum Gasteiger partial charge on any atom is 0.341 e. The Kier molecular flexibility index (Phi) is 4.79. The minimum Gasteiger partial charge on any atom is -0.477 e. The molecule has 29 heavy (non-hydrogen) atoms. The molecule has 2 aromatic carbocycles. The third-order valence-corrected chi connectivity index (χ3v) is 5.36. The molecule has 2 heterocycles. The summed E-state index contributed by atoms with van der Waals surface area (Å²) in [6, 6.07) is 9.39. The van der Waals surface area contributed by atoms with Gasteiger partial charge in [0.25, 0.3) is 0 Å². The number of rotatable bonds is 4. The van der Waals surface area contributed by atoms with Gasteiger partial charge in [0.2, 0.25) is 5.43 Å². The predicted octanol–water partition coefficient (Wildman–Crippen LogP) is 2.75. The second-order valence-electron chi connectivity index (χ2n) is 7.14. The topological polar surface area (TPSA) is 88.6 Å². The first-order chi connectivity index (χ1) is 13.9. The highest BCUT2D eigenvalue weighted by Crippen LogP contribution is 2.34. The van der Waals surface area contributed by atoms with E-state index in [0.29, 0.717) is 25.3 Å². The molecule has 1 aliphatic rings. The van der Waals surface area contributed by atoms with Crippen LogP contribution in [0.5, 0.6) is 0 Å². The number of halogens is 2. The van der Waals surface area contributed by atoms with Crippen molar-refractivity contribution in [2.75, 3.05) is 24.5 Å². The summed E-state index contributed by atoms with van der Waals surface area (Å²) in [4.78, 5) is 25.8. The molecule has 0 saturated carbocycles. The summed E-state index contributed by atoms with van der Waals surface area (Å²) >= 11 is 0. The molecule has 1 unspecified atom stereocenters. The normalized spacial score (nSPS) is 16.5.